The molecule has 1 aliphatic rings. The summed E-state index contributed by atoms with van der Waals surface area (Å²) in [5, 5.41) is 0. The van der Waals surface area contributed by atoms with Crippen molar-refractivity contribution in [3.05, 3.63) is 30.3 Å². The molecule has 2 heteroatoms. The normalized spacial score (nSPS) is 19.5. The van der Waals surface area contributed by atoms with Crippen LogP contribution in [-0.2, 0) is 0 Å². The summed E-state index contributed by atoms with van der Waals surface area (Å²) < 4.78 is 2.47. The standard InChI is InChI=1S/C9H12NP/c1-2-5-9(6-3-1)10-7-4-8-11-10/h1-3,5-6,11H,4,7-8H2. The monoisotopic (exact) mass is 165 g/mol. The molecule has 0 spiro atoms. The van der Waals surface area contributed by atoms with Gasteiger partial charge in [-0.3, -0.25) is 0 Å². The predicted molar refractivity (Wildman–Crippen MR) is 51.6 cm³/mol. The molecule has 1 aromatic rings. The second kappa shape index (κ2) is 3.23. The molecule has 1 aromatic carbocycles. The SMILES string of the molecule is c1ccc(N2CCCP2)cc1. The Morgan fingerprint density at radius 1 is 1.18 bits per heavy atom. The molecule has 0 N–H and O–H groups in total. The quantitative estimate of drug-likeness (QED) is 0.578. The Bertz CT molecular complexity index is 216. The Hall–Kier alpha value is -0.550. The molecular formula is C9H12NP. The summed E-state index contributed by atoms with van der Waals surface area (Å²) in [6.07, 6.45) is 2.75. The summed E-state index contributed by atoms with van der Waals surface area (Å²) in [4.78, 5) is 0. The fraction of sp³-hybridized carbons (Fsp3) is 0.333. The molecule has 1 atom stereocenters. The Kier molecular flexibility index (Phi) is 2.09. The van der Waals surface area contributed by atoms with Gasteiger partial charge in [-0.2, -0.15) is 0 Å². The summed E-state index contributed by atoms with van der Waals surface area (Å²) in [7, 11) is 1.01. The highest BCUT2D eigenvalue weighted by atomic mass is 31.1. The van der Waals surface area contributed by atoms with Crippen LogP contribution in [-0.4, -0.2) is 12.7 Å². The van der Waals surface area contributed by atoms with Gasteiger partial charge >= 0.3 is 0 Å². The molecule has 58 valence electrons. The van der Waals surface area contributed by atoms with E-state index in [2.05, 4.69) is 35.0 Å². The fourth-order valence-electron chi connectivity index (χ4n) is 1.36. The predicted octanol–water partition coefficient (Wildman–Crippen LogP) is 2.49. The Labute approximate surface area is 69.3 Å². The van der Waals surface area contributed by atoms with Crippen LogP contribution in [0.3, 0.4) is 0 Å². The first-order valence-corrected chi connectivity index (χ1v) is 5.18. The van der Waals surface area contributed by atoms with Gasteiger partial charge in [-0.1, -0.05) is 18.2 Å². The number of hydrogen-bond donors (Lipinski definition) is 0. The van der Waals surface area contributed by atoms with Crippen molar-refractivity contribution in [2.24, 2.45) is 0 Å². The zero-order valence-electron chi connectivity index (χ0n) is 6.46. The van der Waals surface area contributed by atoms with E-state index in [-0.39, 0.29) is 0 Å². The highest BCUT2D eigenvalue weighted by molar-refractivity contribution is 7.40. The summed E-state index contributed by atoms with van der Waals surface area (Å²) in [5.74, 6) is 0. The van der Waals surface area contributed by atoms with Crippen molar-refractivity contribution in [3.8, 4) is 0 Å². The summed E-state index contributed by atoms with van der Waals surface area (Å²) in [5.41, 5.74) is 1.39. The largest absolute Gasteiger partial charge is 0.353 e. The maximum atomic E-state index is 2.47. The van der Waals surface area contributed by atoms with Crippen LogP contribution in [0, 0.1) is 0 Å². The van der Waals surface area contributed by atoms with E-state index in [1.807, 2.05) is 0 Å². The number of nitrogens with zero attached hydrogens (tertiary/aromatic N) is 1. The molecule has 0 saturated carbocycles. The Balaban J connectivity index is 2.16. The van der Waals surface area contributed by atoms with Crippen LogP contribution in [0.2, 0.25) is 0 Å². The van der Waals surface area contributed by atoms with Crippen LogP contribution in [0.25, 0.3) is 0 Å². The van der Waals surface area contributed by atoms with Gasteiger partial charge in [0, 0.05) is 12.2 Å². The van der Waals surface area contributed by atoms with Crippen LogP contribution >= 0.6 is 8.73 Å². The van der Waals surface area contributed by atoms with E-state index in [9.17, 15) is 0 Å². The minimum absolute atomic E-state index is 1.01. The van der Waals surface area contributed by atoms with Gasteiger partial charge in [-0.05, 0) is 33.4 Å². The van der Waals surface area contributed by atoms with Gasteiger partial charge in [0.25, 0.3) is 0 Å². The van der Waals surface area contributed by atoms with Crippen molar-refractivity contribution in [2.45, 2.75) is 6.42 Å². The maximum absolute atomic E-state index is 2.47. The minimum atomic E-state index is 1.01. The van der Waals surface area contributed by atoms with E-state index in [0.717, 1.165) is 8.73 Å². The van der Waals surface area contributed by atoms with E-state index in [4.69, 9.17) is 0 Å². The Morgan fingerprint density at radius 3 is 2.64 bits per heavy atom. The van der Waals surface area contributed by atoms with Crippen molar-refractivity contribution in [2.75, 3.05) is 17.4 Å². The lowest BCUT2D eigenvalue weighted by Crippen LogP contribution is -2.06. The van der Waals surface area contributed by atoms with Crippen molar-refractivity contribution in [1.82, 2.24) is 0 Å². The van der Waals surface area contributed by atoms with Crippen molar-refractivity contribution in [3.63, 3.8) is 0 Å². The molecule has 2 rings (SSSR count). The fourth-order valence-corrected chi connectivity index (χ4v) is 2.59. The lowest BCUT2D eigenvalue weighted by atomic mass is 10.3. The minimum Gasteiger partial charge on any atom is -0.353 e. The van der Waals surface area contributed by atoms with Gasteiger partial charge in [0.2, 0.25) is 0 Å². The van der Waals surface area contributed by atoms with Gasteiger partial charge in [0.05, 0.1) is 0 Å². The van der Waals surface area contributed by atoms with Crippen molar-refractivity contribution in [1.29, 1.82) is 0 Å². The lowest BCUT2D eigenvalue weighted by Gasteiger charge is -2.16. The molecule has 1 saturated heterocycles. The third-order valence-corrected chi connectivity index (χ3v) is 3.37. The number of hydrogen-bond acceptors (Lipinski definition) is 1. The molecule has 0 amide bonds. The highest BCUT2D eigenvalue weighted by Gasteiger charge is 2.10. The molecule has 0 bridgehead atoms. The second-order valence-electron chi connectivity index (χ2n) is 2.75. The van der Waals surface area contributed by atoms with Crippen LogP contribution < -0.4 is 4.67 Å². The van der Waals surface area contributed by atoms with Crippen LogP contribution in [0.15, 0.2) is 30.3 Å². The van der Waals surface area contributed by atoms with E-state index in [1.54, 1.807) is 0 Å². The summed E-state index contributed by atoms with van der Waals surface area (Å²) in [6.45, 7) is 1.25. The van der Waals surface area contributed by atoms with Crippen molar-refractivity contribution < 1.29 is 0 Å². The van der Waals surface area contributed by atoms with Gasteiger partial charge in [0.1, 0.15) is 0 Å². The van der Waals surface area contributed by atoms with Crippen molar-refractivity contribution >= 4 is 14.4 Å². The summed E-state index contributed by atoms with van der Waals surface area (Å²) in [6, 6.07) is 10.7. The second-order valence-corrected chi connectivity index (χ2v) is 4.10. The highest BCUT2D eigenvalue weighted by Crippen LogP contribution is 2.32. The molecule has 11 heavy (non-hydrogen) atoms. The van der Waals surface area contributed by atoms with Crippen LogP contribution in [0.5, 0.6) is 0 Å². The lowest BCUT2D eigenvalue weighted by molar-refractivity contribution is 0.989. The number of benzene rings is 1. The molecule has 1 nitrogen and oxygen atoms in total. The molecule has 0 radical (unpaired) electrons. The average Bonchev–Trinajstić information content (AvgIpc) is 2.58. The topological polar surface area (TPSA) is 3.24 Å². The first kappa shape index (κ1) is 7.12. The smallest absolute Gasteiger partial charge is 0.0396 e. The van der Waals surface area contributed by atoms with Gasteiger partial charge in [0.15, 0.2) is 0 Å². The molecule has 1 heterocycles. The molecule has 1 unspecified atom stereocenters. The van der Waals surface area contributed by atoms with Crippen LogP contribution in [0.1, 0.15) is 6.42 Å². The first-order valence-electron chi connectivity index (χ1n) is 4.03. The first-order chi connectivity index (χ1) is 5.47. The number of para-hydroxylation sites is 1. The van der Waals surface area contributed by atoms with E-state index in [1.165, 1.54) is 24.8 Å². The molecule has 0 aromatic heterocycles. The number of anilines is 1. The Morgan fingerprint density at radius 2 is 2.00 bits per heavy atom. The molecule has 0 aliphatic carbocycles. The molecule has 1 aliphatic heterocycles. The van der Waals surface area contributed by atoms with Gasteiger partial charge in [-0.25, -0.2) is 0 Å². The third kappa shape index (κ3) is 1.54. The maximum Gasteiger partial charge on any atom is 0.0396 e. The number of rotatable bonds is 1. The molecule has 1 fully saturated rings. The molecular weight excluding hydrogens is 153 g/mol. The van der Waals surface area contributed by atoms with E-state index >= 15 is 0 Å². The van der Waals surface area contributed by atoms with Crippen LogP contribution in [0.4, 0.5) is 5.69 Å². The average molecular weight is 165 g/mol. The zero-order chi connectivity index (χ0) is 7.52. The third-order valence-electron chi connectivity index (χ3n) is 1.93. The van der Waals surface area contributed by atoms with Gasteiger partial charge < -0.3 is 4.67 Å². The summed E-state index contributed by atoms with van der Waals surface area (Å²) >= 11 is 0. The van der Waals surface area contributed by atoms with E-state index in [0.29, 0.717) is 0 Å². The zero-order valence-corrected chi connectivity index (χ0v) is 7.46. The van der Waals surface area contributed by atoms with E-state index < -0.39 is 0 Å². The van der Waals surface area contributed by atoms with Gasteiger partial charge in [-0.15, -0.1) is 0 Å².